The van der Waals surface area contributed by atoms with Crippen molar-refractivity contribution >= 4 is 234 Å². The minimum absolute atomic E-state index is 0.721. The first kappa shape index (κ1) is 36.1. The van der Waals surface area contributed by atoms with Crippen LogP contribution in [-0.4, -0.2) is 234 Å². The quantitative estimate of drug-likeness (QED) is 0.237. The lowest BCUT2D eigenvalue weighted by Gasteiger charge is -2.48. The van der Waals surface area contributed by atoms with Crippen molar-refractivity contribution in [1.29, 1.82) is 0 Å². The fraction of sp³-hybridized carbons (Fsp3) is 1.00. The van der Waals surface area contributed by atoms with Crippen molar-refractivity contribution in [2.45, 2.75) is 6.82 Å². The maximum Gasteiger partial charge on any atom is 0.0552 e. The molecule has 0 unspecified atom stereocenters. The Morgan fingerprint density at radius 3 is 0.647 bits per heavy atom. The van der Waals surface area contributed by atoms with Gasteiger partial charge in [-0.1, -0.05) is 0 Å². The molecule has 0 rings (SSSR count). The van der Waals surface area contributed by atoms with Crippen LogP contribution >= 0.6 is 0 Å². The van der Waals surface area contributed by atoms with Crippen LogP contribution < -0.4 is 0 Å². The van der Waals surface area contributed by atoms with Gasteiger partial charge in [-0.25, -0.2) is 0 Å². The van der Waals surface area contributed by atoms with E-state index in [4.69, 9.17) is 0 Å². The molecule has 0 spiro atoms. The Morgan fingerprint density at radius 2 is 0.471 bits per heavy atom. The van der Waals surface area contributed by atoms with Gasteiger partial charge in [0.05, 0.1) is 132 Å². The van der Waals surface area contributed by atoms with E-state index in [1.807, 2.05) is 0 Å². The molecule has 0 amide bonds. The molecule has 0 aliphatic rings. The Labute approximate surface area is 239 Å². The van der Waals surface area contributed by atoms with Crippen LogP contribution in [0.3, 0.4) is 0 Å². The van der Waals surface area contributed by atoms with Crippen LogP contribution in [0.1, 0.15) is 0 Å². The van der Waals surface area contributed by atoms with Crippen molar-refractivity contribution in [2.24, 2.45) is 0 Å². The van der Waals surface area contributed by atoms with Gasteiger partial charge in [-0.05, 0) is 0 Å². The highest BCUT2D eigenvalue weighted by Gasteiger charge is 2.53. The van der Waals surface area contributed by atoms with Gasteiger partial charge in [0, 0.05) is 102 Å². The van der Waals surface area contributed by atoms with Crippen LogP contribution in [0.25, 0.3) is 0 Å². The molecule has 34 heavy (non-hydrogen) atoms. The van der Waals surface area contributed by atoms with Gasteiger partial charge in [0.1, 0.15) is 0 Å². The number of hydrogen-bond acceptors (Lipinski definition) is 0. The van der Waals surface area contributed by atoms with Crippen molar-refractivity contribution in [3.63, 3.8) is 0 Å². The minimum Gasteiger partial charge on any atom is -0.101 e. The molecule has 0 heterocycles. The highest BCUT2D eigenvalue weighted by Crippen LogP contribution is 2.15. The number of rotatable bonds is 15. The van der Waals surface area contributed by atoms with Gasteiger partial charge in [-0.3, -0.25) is 0 Å². The van der Waals surface area contributed by atoms with E-state index in [-0.39, 0.29) is 0 Å². The van der Waals surface area contributed by atoms with E-state index in [0.29, 0.717) is 0 Å². The van der Waals surface area contributed by atoms with E-state index in [2.05, 4.69) is 138 Å². The van der Waals surface area contributed by atoms with E-state index in [9.17, 15) is 0 Å². The SMILES string of the molecule is BB(B)B(B)B(B(B)B)B(B(C)B(B(B(B)B)B(B)B)B(B(B)B)B(B)B)B(B(B)B)B(B)B. The molecule has 0 saturated carbocycles. The van der Waals surface area contributed by atoms with Gasteiger partial charge in [0.25, 0.3) is 0 Å². The predicted octanol–water partition coefficient (Wildman–Crippen LogP) is -21.1. The van der Waals surface area contributed by atoms with Crippen molar-refractivity contribution in [3.05, 3.63) is 0 Å². The third-order valence-corrected chi connectivity index (χ3v) is 10.0. The maximum atomic E-state index is 2.71. The summed E-state index contributed by atoms with van der Waals surface area (Å²) in [5.41, 5.74) is 0. The summed E-state index contributed by atoms with van der Waals surface area (Å²) in [4.78, 5) is 0. The standard InChI is InChI=1S/CH37B33/c1-19(29(31(21(4)5)22(6)7)32(23(8)9)24(10)11)30(33(25(12)13)26(14)15)34(27(16)17)28(18)20(2)3/h2-18H2,1H3. The second-order valence-electron chi connectivity index (χ2n) is 15.1. The lowest BCUT2D eigenvalue weighted by molar-refractivity contribution is 2.32. The molecule has 140 valence electrons. The third-order valence-electron chi connectivity index (χ3n) is 10.0. The van der Waals surface area contributed by atoms with Crippen molar-refractivity contribution < 1.29 is 0 Å². The second kappa shape index (κ2) is 16.3. The van der Waals surface area contributed by atoms with Gasteiger partial charge in [0.2, 0.25) is 0 Å². The first-order chi connectivity index (χ1) is 15.4. The monoisotopic (exact) mass is 413 g/mol. The molecule has 0 aromatic carbocycles. The first-order valence-corrected chi connectivity index (χ1v) is 15.4. The largest absolute Gasteiger partial charge is 0.101 e. The third kappa shape index (κ3) is 9.71. The average molecular weight is 406 g/mol. The summed E-state index contributed by atoms with van der Waals surface area (Å²) in [5, 5.41) is 0. The summed E-state index contributed by atoms with van der Waals surface area (Å²) < 4.78 is 0. The molecule has 0 fully saturated rings. The predicted molar refractivity (Wildman–Crippen MR) is 243 cm³/mol. The van der Waals surface area contributed by atoms with Crippen LogP contribution in [0, 0.1) is 0 Å². The zero-order chi connectivity index (χ0) is 27.2. The molecular weight excluding hydrogens is 369 g/mol. The summed E-state index contributed by atoms with van der Waals surface area (Å²) in [6, 6.07) is 0. The smallest absolute Gasteiger partial charge is 0.0552 e. The zero-order valence-corrected chi connectivity index (χ0v) is 27.2. The van der Waals surface area contributed by atoms with Crippen molar-refractivity contribution in [1.82, 2.24) is 0 Å². The number of hydrogen-bond donors (Lipinski definition) is 0. The topological polar surface area (TPSA) is 0 Å². The first-order valence-electron chi connectivity index (χ1n) is 15.4. The molecule has 0 nitrogen and oxygen atoms in total. The van der Waals surface area contributed by atoms with Crippen LogP contribution in [-0.2, 0) is 0 Å². The second-order valence-corrected chi connectivity index (χ2v) is 15.1. The molecule has 0 aliphatic heterocycles. The normalized spacial score (nSPS) is 9.56. The highest BCUT2D eigenvalue weighted by atomic mass is 13.4. The summed E-state index contributed by atoms with van der Waals surface area (Å²) in [6.07, 6.45) is 11.2. The average Bonchev–Trinajstić information content (AvgIpc) is 2.63. The lowest BCUT2D eigenvalue weighted by atomic mass is 8.33. The zero-order valence-electron chi connectivity index (χ0n) is 27.2. The van der Waals surface area contributed by atoms with E-state index in [1.54, 1.807) is 0 Å². The Balaban J connectivity index is 7.22. The highest BCUT2D eigenvalue weighted by molar-refractivity contribution is 8.25. The van der Waals surface area contributed by atoms with E-state index in [1.165, 1.54) is 0 Å². The van der Waals surface area contributed by atoms with Gasteiger partial charge >= 0.3 is 0 Å². The lowest BCUT2D eigenvalue weighted by Crippen LogP contribution is -2.87. The Hall–Kier alpha value is 2.14. The summed E-state index contributed by atoms with van der Waals surface area (Å²) in [6.45, 7) is 3.44. The molecule has 0 aromatic heterocycles. The molecule has 0 saturated heterocycles. The van der Waals surface area contributed by atoms with Crippen LogP contribution in [0.2, 0.25) is 6.82 Å². The summed E-state index contributed by atoms with van der Waals surface area (Å²) in [7, 11) is 42.7. The summed E-state index contributed by atoms with van der Waals surface area (Å²) >= 11 is 0. The fourth-order valence-corrected chi connectivity index (χ4v) is 8.99. The fourth-order valence-electron chi connectivity index (χ4n) is 8.99. The molecule has 0 atom stereocenters. The Kier molecular flexibility index (Phi) is 17.3. The van der Waals surface area contributed by atoms with Crippen LogP contribution in [0.15, 0.2) is 0 Å². The Bertz CT molecular complexity index is 483. The van der Waals surface area contributed by atoms with Crippen molar-refractivity contribution in [3.8, 4) is 0 Å². The van der Waals surface area contributed by atoms with E-state index in [0.717, 1.165) is 102 Å². The van der Waals surface area contributed by atoms with Gasteiger partial charge in [-0.15, -0.1) is 6.82 Å². The van der Waals surface area contributed by atoms with Gasteiger partial charge < -0.3 is 0 Å². The van der Waals surface area contributed by atoms with Crippen LogP contribution in [0.4, 0.5) is 0 Å². The molecule has 0 aliphatic carbocycles. The van der Waals surface area contributed by atoms with Crippen molar-refractivity contribution in [2.75, 3.05) is 0 Å². The molecule has 0 aromatic rings. The maximum absolute atomic E-state index is 2.71. The summed E-state index contributed by atoms with van der Waals surface area (Å²) in [5.74, 6) is 0. The molecule has 33 heteroatoms. The van der Waals surface area contributed by atoms with Crippen LogP contribution in [0.5, 0.6) is 0 Å². The van der Waals surface area contributed by atoms with E-state index >= 15 is 0 Å². The van der Waals surface area contributed by atoms with Gasteiger partial charge in [0.15, 0.2) is 0 Å². The molecule has 0 bridgehead atoms. The van der Waals surface area contributed by atoms with Gasteiger partial charge in [-0.2, -0.15) is 0 Å². The molecular formula is CH37B33. The molecule has 0 N–H and O–H groups in total. The molecule has 0 radical (unpaired) electrons. The minimum atomic E-state index is 0.721. The van der Waals surface area contributed by atoms with E-state index < -0.39 is 0 Å². The Morgan fingerprint density at radius 1 is 0.265 bits per heavy atom.